The molecule has 0 spiro atoms. The Balaban J connectivity index is 2.05. The topological polar surface area (TPSA) is 59.1 Å². The number of phenolic OH excluding ortho intramolecular Hbond substituents is 1. The molecule has 0 atom stereocenters. The molecule has 0 aliphatic heterocycles. The number of aryl methyl sites for hydroxylation is 1. The summed E-state index contributed by atoms with van der Waals surface area (Å²) in [6.07, 6.45) is 1.71. The number of benzene rings is 2. The number of hydrogen-bond acceptors (Lipinski definition) is 5. The second-order valence-corrected chi connectivity index (χ2v) is 7.29. The first-order valence-corrected chi connectivity index (χ1v) is 9.52. The summed E-state index contributed by atoms with van der Waals surface area (Å²) < 4.78 is 7.54. The van der Waals surface area contributed by atoms with E-state index in [1.165, 1.54) is 24.0 Å². The van der Waals surface area contributed by atoms with Crippen LogP contribution in [0.2, 0.25) is 0 Å². The predicted octanol–water partition coefficient (Wildman–Crippen LogP) is 4.41. The summed E-state index contributed by atoms with van der Waals surface area (Å²) in [6.45, 7) is 2.06. The average Bonchev–Trinajstić information content (AvgIpc) is 3.06. The van der Waals surface area contributed by atoms with Gasteiger partial charge in [-0.1, -0.05) is 29.8 Å². The Bertz CT molecular complexity index is 1020. The normalized spacial score (nSPS) is 12.1. The van der Waals surface area contributed by atoms with Gasteiger partial charge in [-0.25, -0.2) is 4.68 Å². The zero-order chi connectivity index (χ0) is 18.7. The number of rotatable bonds is 4. The lowest BCUT2D eigenvalue weighted by Crippen LogP contribution is -2.11. The molecule has 5 nitrogen and oxygen atoms in total. The first-order valence-electron chi connectivity index (χ1n) is 7.84. The van der Waals surface area contributed by atoms with Gasteiger partial charge in [0, 0.05) is 18.0 Å². The number of thiazole rings is 1. The minimum atomic E-state index is 0.0671. The fourth-order valence-corrected chi connectivity index (χ4v) is 3.70. The molecule has 1 heterocycles. The van der Waals surface area contributed by atoms with Crippen molar-refractivity contribution in [3.05, 3.63) is 62.2 Å². The maximum atomic E-state index is 9.94. The monoisotopic (exact) mass is 431 g/mol. The molecule has 0 amide bonds. The van der Waals surface area contributed by atoms with Gasteiger partial charge in [0.25, 0.3) is 0 Å². The zero-order valence-electron chi connectivity index (χ0n) is 14.6. The van der Waals surface area contributed by atoms with E-state index in [0.29, 0.717) is 10.2 Å². The van der Waals surface area contributed by atoms with Crippen LogP contribution in [0.5, 0.6) is 11.5 Å². The Hall–Kier alpha value is -2.38. The van der Waals surface area contributed by atoms with Crippen LogP contribution in [0.1, 0.15) is 11.1 Å². The number of hydrogen-bond donors (Lipinski definition) is 1. The Morgan fingerprint density at radius 2 is 1.96 bits per heavy atom. The van der Waals surface area contributed by atoms with Crippen molar-refractivity contribution in [1.29, 1.82) is 0 Å². The number of aromatic nitrogens is 1. The molecule has 0 saturated carbocycles. The Kier molecular flexibility index (Phi) is 5.58. The van der Waals surface area contributed by atoms with Crippen molar-refractivity contribution in [2.75, 3.05) is 14.2 Å². The maximum absolute atomic E-state index is 9.94. The van der Waals surface area contributed by atoms with Crippen molar-refractivity contribution in [2.45, 2.75) is 6.92 Å². The third-order valence-corrected chi connectivity index (χ3v) is 5.33. The highest BCUT2D eigenvalue weighted by Gasteiger charge is 2.09. The van der Waals surface area contributed by atoms with Crippen LogP contribution in [0.3, 0.4) is 0 Å². The molecule has 3 aromatic rings. The van der Waals surface area contributed by atoms with Gasteiger partial charge < -0.3 is 9.84 Å². The van der Waals surface area contributed by atoms with E-state index in [9.17, 15) is 5.11 Å². The number of ether oxygens (including phenoxy) is 1. The van der Waals surface area contributed by atoms with Gasteiger partial charge in [0.15, 0.2) is 11.5 Å². The minimum absolute atomic E-state index is 0.0671. The largest absolute Gasteiger partial charge is 0.503 e. The lowest BCUT2D eigenvalue weighted by molar-refractivity contribution is 0.372. The van der Waals surface area contributed by atoms with Crippen LogP contribution in [-0.2, 0) is 0 Å². The fraction of sp³-hybridized carbons (Fsp3) is 0.158. The van der Waals surface area contributed by atoms with Crippen molar-refractivity contribution in [1.82, 2.24) is 4.68 Å². The van der Waals surface area contributed by atoms with Gasteiger partial charge in [0.05, 0.1) is 23.5 Å². The summed E-state index contributed by atoms with van der Waals surface area (Å²) in [4.78, 5) is 5.10. The molecule has 3 rings (SSSR count). The smallest absolute Gasteiger partial charge is 0.205 e. The lowest BCUT2D eigenvalue weighted by atomic mass is 10.1. The van der Waals surface area contributed by atoms with Crippen LogP contribution >= 0.6 is 27.3 Å². The minimum Gasteiger partial charge on any atom is -0.503 e. The Morgan fingerprint density at radius 3 is 2.62 bits per heavy atom. The summed E-state index contributed by atoms with van der Waals surface area (Å²) in [7, 11) is 3.26. The van der Waals surface area contributed by atoms with Crippen molar-refractivity contribution in [3.8, 4) is 22.8 Å². The molecular formula is C19H18BrN3O2S. The highest BCUT2D eigenvalue weighted by Crippen LogP contribution is 2.34. The molecular weight excluding hydrogens is 414 g/mol. The number of halogens is 1. The molecule has 1 N–H and O–H groups in total. The predicted molar refractivity (Wildman–Crippen MR) is 109 cm³/mol. The number of nitrogens with zero attached hydrogens (tertiary/aromatic N) is 3. The quantitative estimate of drug-likeness (QED) is 0.621. The van der Waals surface area contributed by atoms with Crippen LogP contribution in [0, 0.1) is 6.92 Å². The third kappa shape index (κ3) is 3.73. The van der Waals surface area contributed by atoms with E-state index >= 15 is 0 Å². The van der Waals surface area contributed by atoms with Crippen molar-refractivity contribution in [2.24, 2.45) is 10.1 Å². The SMILES string of the molecule is CN=c1scc(-c2ccc(C)cc2)n1N=Cc1cc(Br)c(O)c(OC)c1. The van der Waals surface area contributed by atoms with E-state index < -0.39 is 0 Å². The Morgan fingerprint density at radius 1 is 1.23 bits per heavy atom. The number of phenols is 1. The standard InChI is InChI=1S/C19H18BrN3O2S/c1-12-4-6-14(7-5-12)16-11-26-19(21-2)23(16)22-10-13-8-15(20)18(24)17(9-13)25-3/h4-11,24H,1-3H3. The van der Waals surface area contributed by atoms with Crippen molar-refractivity contribution < 1.29 is 9.84 Å². The van der Waals surface area contributed by atoms with Crippen LogP contribution in [0.15, 0.2) is 56.3 Å². The van der Waals surface area contributed by atoms with Gasteiger partial charge >= 0.3 is 0 Å². The first-order chi connectivity index (χ1) is 12.5. The molecule has 0 radical (unpaired) electrons. The van der Waals surface area contributed by atoms with Gasteiger partial charge in [0.1, 0.15) is 0 Å². The van der Waals surface area contributed by atoms with Crippen LogP contribution in [-0.4, -0.2) is 30.2 Å². The molecule has 1 aromatic heterocycles. The average molecular weight is 432 g/mol. The number of aromatic hydroxyl groups is 1. The summed E-state index contributed by atoms with van der Waals surface area (Å²) in [5.41, 5.74) is 4.04. The second-order valence-electron chi connectivity index (χ2n) is 5.60. The molecule has 26 heavy (non-hydrogen) atoms. The second kappa shape index (κ2) is 7.88. The van der Waals surface area contributed by atoms with E-state index in [1.54, 1.807) is 25.4 Å². The third-order valence-electron chi connectivity index (χ3n) is 3.82. The summed E-state index contributed by atoms with van der Waals surface area (Å²) in [5, 5.41) is 16.6. The Labute approximate surface area is 164 Å². The van der Waals surface area contributed by atoms with E-state index in [0.717, 1.165) is 21.6 Å². The first kappa shape index (κ1) is 18.4. The molecule has 0 bridgehead atoms. The molecule has 0 aliphatic carbocycles. The molecule has 0 saturated heterocycles. The zero-order valence-corrected chi connectivity index (χ0v) is 17.0. The molecule has 0 aliphatic rings. The van der Waals surface area contributed by atoms with E-state index in [-0.39, 0.29) is 5.75 Å². The summed E-state index contributed by atoms with van der Waals surface area (Å²) >= 11 is 4.86. The van der Waals surface area contributed by atoms with Crippen LogP contribution in [0.25, 0.3) is 11.3 Å². The molecule has 0 unspecified atom stereocenters. The fourth-order valence-electron chi connectivity index (χ4n) is 2.43. The van der Waals surface area contributed by atoms with Gasteiger partial charge in [-0.3, -0.25) is 4.99 Å². The van der Waals surface area contributed by atoms with Gasteiger partial charge in [0.2, 0.25) is 4.80 Å². The van der Waals surface area contributed by atoms with Crippen LogP contribution in [0.4, 0.5) is 0 Å². The molecule has 2 aromatic carbocycles. The van der Waals surface area contributed by atoms with E-state index in [1.807, 2.05) is 10.1 Å². The van der Waals surface area contributed by atoms with Crippen molar-refractivity contribution in [3.63, 3.8) is 0 Å². The maximum Gasteiger partial charge on any atom is 0.205 e. The van der Waals surface area contributed by atoms with E-state index in [4.69, 9.17) is 4.74 Å². The van der Waals surface area contributed by atoms with Gasteiger partial charge in [-0.05, 0) is 40.5 Å². The molecule has 0 fully saturated rings. The molecule has 134 valence electrons. The van der Waals surface area contributed by atoms with Crippen molar-refractivity contribution >= 4 is 33.5 Å². The van der Waals surface area contributed by atoms with Crippen LogP contribution < -0.4 is 9.54 Å². The highest BCUT2D eigenvalue weighted by molar-refractivity contribution is 9.10. The lowest BCUT2D eigenvalue weighted by Gasteiger charge is -2.07. The summed E-state index contributed by atoms with van der Waals surface area (Å²) in [5.74, 6) is 0.452. The molecule has 7 heteroatoms. The van der Waals surface area contributed by atoms with E-state index in [2.05, 4.69) is 57.2 Å². The highest BCUT2D eigenvalue weighted by atomic mass is 79.9. The van der Waals surface area contributed by atoms with Gasteiger partial charge in [-0.2, -0.15) is 5.10 Å². The van der Waals surface area contributed by atoms with Gasteiger partial charge in [-0.15, -0.1) is 11.3 Å². The summed E-state index contributed by atoms with van der Waals surface area (Å²) in [6, 6.07) is 11.8. The number of methoxy groups -OCH3 is 1.